The zero-order chi connectivity index (χ0) is 16.6. The van der Waals surface area contributed by atoms with Crippen LogP contribution in [0.3, 0.4) is 0 Å². The minimum atomic E-state index is 0.757. The highest BCUT2D eigenvalue weighted by Crippen LogP contribution is 2.08. The average Bonchev–Trinajstić information content (AvgIpc) is 3.08. The smallest absolute Gasteiger partial charge is 0.165 e. The molecule has 0 aliphatic carbocycles. The molecule has 0 unspecified atom stereocenters. The molecule has 1 aromatic heterocycles. The third-order valence-electron chi connectivity index (χ3n) is 4.12. The van der Waals surface area contributed by atoms with Gasteiger partial charge in [0.15, 0.2) is 5.82 Å². The van der Waals surface area contributed by atoms with Gasteiger partial charge in [0.1, 0.15) is 0 Å². The van der Waals surface area contributed by atoms with Gasteiger partial charge in [0.2, 0.25) is 0 Å². The minimum Gasteiger partial charge on any atom is -0.292 e. The van der Waals surface area contributed by atoms with E-state index in [1.165, 1.54) is 11.1 Å². The maximum atomic E-state index is 4.22. The van der Waals surface area contributed by atoms with E-state index in [1.807, 2.05) is 16.8 Å². The van der Waals surface area contributed by atoms with Gasteiger partial charge in [-0.05, 0) is 34.5 Å². The summed E-state index contributed by atoms with van der Waals surface area (Å²) >= 11 is 0. The second-order valence-corrected chi connectivity index (χ2v) is 5.84. The Bertz CT molecular complexity index is 724. The van der Waals surface area contributed by atoms with Gasteiger partial charge >= 0.3 is 0 Å². The molecule has 0 N–H and O–H groups in total. The fraction of sp³-hybridized carbons (Fsp3) is 0.316. The van der Waals surface area contributed by atoms with Gasteiger partial charge in [-0.3, -0.25) is 4.90 Å². The van der Waals surface area contributed by atoms with Crippen LogP contribution < -0.4 is 0 Å². The third kappa shape index (κ3) is 4.49. The molecule has 24 heavy (non-hydrogen) atoms. The van der Waals surface area contributed by atoms with Crippen molar-refractivity contribution in [2.24, 2.45) is 0 Å². The molecular weight excluding hydrogens is 298 g/mol. The van der Waals surface area contributed by atoms with E-state index in [0.29, 0.717) is 0 Å². The largest absolute Gasteiger partial charge is 0.292 e. The summed E-state index contributed by atoms with van der Waals surface area (Å²) in [5, 5.41) is 12.2. The summed E-state index contributed by atoms with van der Waals surface area (Å²) in [5.74, 6) is 0.920. The molecule has 0 saturated heterocycles. The van der Waals surface area contributed by atoms with Crippen LogP contribution in [-0.2, 0) is 26.1 Å². The molecule has 5 nitrogen and oxygen atoms in total. The van der Waals surface area contributed by atoms with Gasteiger partial charge in [-0.2, -0.15) is 0 Å². The molecule has 0 radical (unpaired) electrons. The van der Waals surface area contributed by atoms with Gasteiger partial charge < -0.3 is 0 Å². The summed E-state index contributed by atoms with van der Waals surface area (Å²) in [7, 11) is 0. The van der Waals surface area contributed by atoms with Crippen molar-refractivity contribution in [1.82, 2.24) is 25.1 Å². The molecule has 0 amide bonds. The Hall–Kier alpha value is -2.53. The molecule has 0 spiro atoms. The van der Waals surface area contributed by atoms with Crippen LogP contribution in [0.4, 0.5) is 0 Å². The molecule has 0 atom stereocenters. The summed E-state index contributed by atoms with van der Waals surface area (Å²) in [6, 6.07) is 20.9. The number of rotatable bonds is 8. The lowest BCUT2D eigenvalue weighted by Gasteiger charge is -2.19. The molecule has 124 valence electrons. The van der Waals surface area contributed by atoms with Crippen molar-refractivity contribution in [2.75, 3.05) is 6.54 Å². The second kappa shape index (κ2) is 8.36. The van der Waals surface area contributed by atoms with Crippen LogP contribution in [0.1, 0.15) is 23.9 Å². The second-order valence-electron chi connectivity index (χ2n) is 5.84. The Kier molecular flexibility index (Phi) is 5.69. The fourth-order valence-electron chi connectivity index (χ4n) is 2.71. The van der Waals surface area contributed by atoms with Crippen molar-refractivity contribution >= 4 is 0 Å². The number of hydrogen-bond acceptors (Lipinski definition) is 4. The van der Waals surface area contributed by atoms with Crippen molar-refractivity contribution in [2.45, 2.75) is 33.0 Å². The number of hydrogen-bond donors (Lipinski definition) is 0. The topological polar surface area (TPSA) is 46.8 Å². The van der Waals surface area contributed by atoms with Crippen LogP contribution in [0.25, 0.3) is 0 Å². The predicted molar refractivity (Wildman–Crippen MR) is 94.2 cm³/mol. The average molecular weight is 321 g/mol. The standard InChI is InChI=1S/C19H23N5/c1-2-23(15-18-11-7-4-8-12-18)16-19-20-21-22-24(19)14-13-17-9-5-3-6-10-17/h3-12H,2,13-16H2,1H3. The van der Waals surface area contributed by atoms with E-state index in [0.717, 1.165) is 38.4 Å². The van der Waals surface area contributed by atoms with E-state index in [4.69, 9.17) is 0 Å². The molecule has 0 bridgehead atoms. The summed E-state index contributed by atoms with van der Waals surface area (Å²) in [6.07, 6.45) is 0.934. The third-order valence-corrected chi connectivity index (χ3v) is 4.12. The van der Waals surface area contributed by atoms with Crippen LogP contribution in [0.5, 0.6) is 0 Å². The number of tetrazole rings is 1. The van der Waals surface area contributed by atoms with Gasteiger partial charge in [0.05, 0.1) is 6.54 Å². The molecule has 0 saturated carbocycles. The molecule has 0 fully saturated rings. The monoisotopic (exact) mass is 321 g/mol. The molecule has 2 aromatic carbocycles. The maximum absolute atomic E-state index is 4.22. The van der Waals surface area contributed by atoms with Crippen molar-refractivity contribution in [3.05, 3.63) is 77.6 Å². The lowest BCUT2D eigenvalue weighted by Crippen LogP contribution is -2.25. The zero-order valence-corrected chi connectivity index (χ0v) is 14.0. The number of aryl methyl sites for hydroxylation is 2. The Labute approximate surface area is 142 Å². The highest BCUT2D eigenvalue weighted by atomic mass is 15.5. The maximum Gasteiger partial charge on any atom is 0.165 e. The lowest BCUT2D eigenvalue weighted by molar-refractivity contribution is 0.258. The van der Waals surface area contributed by atoms with E-state index in [-0.39, 0.29) is 0 Å². The van der Waals surface area contributed by atoms with E-state index in [1.54, 1.807) is 0 Å². The molecule has 3 rings (SSSR count). The number of aromatic nitrogens is 4. The highest BCUT2D eigenvalue weighted by molar-refractivity contribution is 5.15. The van der Waals surface area contributed by atoms with Crippen LogP contribution in [0, 0.1) is 0 Å². The first-order chi connectivity index (χ1) is 11.8. The van der Waals surface area contributed by atoms with Gasteiger partial charge in [-0.25, -0.2) is 4.68 Å². The summed E-state index contributed by atoms with van der Waals surface area (Å²) in [4.78, 5) is 2.35. The Morgan fingerprint density at radius 3 is 2.21 bits per heavy atom. The Balaban J connectivity index is 1.61. The molecular formula is C19H23N5. The van der Waals surface area contributed by atoms with Crippen molar-refractivity contribution in [1.29, 1.82) is 0 Å². The number of nitrogens with zero attached hydrogens (tertiary/aromatic N) is 5. The molecule has 3 aromatic rings. The Morgan fingerprint density at radius 2 is 1.54 bits per heavy atom. The molecule has 1 heterocycles. The molecule has 5 heteroatoms. The van der Waals surface area contributed by atoms with Gasteiger partial charge in [-0.1, -0.05) is 67.6 Å². The highest BCUT2D eigenvalue weighted by Gasteiger charge is 2.11. The van der Waals surface area contributed by atoms with E-state index >= 15 is 0 Å². The fourth-order valence-corrected chi connectivity index (χ4v) is 2.71. The Morgan fingerprint density at radius 1 is 0.875 bits per heavy atom. The van der Waals surface area contributed by atoms with E-state index < -0.39 is 0 Å². The van der Waals surface area contributed by atoms with Crippen LogP contribution in [0.2, 0.25) is 0 Å². The van der Waals surface area contributed by atoms with Crippen molar-refractivity contribution in [3.63, 3.8) is 0 Å². The van der Waals surface area contributed by atoms with Gasteiger partial charge in [0, 0.05) is 13.1 Å². The minimum absolute atomic E-state index is 0.757. The SMILES string of the molecule is CCN(Cc1ccccc1)Cc1nnnn1CCc1ccccc1. The van der Waals surface area contributed by atoms with E-state index in [9.17, 15) is 0 Å². The zero-order valence-electron chi connectivity index (χ0n) is 14.0. The molecule has 0 aliphatic rings. The molecule has 0 aliphatic heterocycles. The summed E-state index contributed by atoms with van der Waals surface area (Å²) in [5.41, 5.74) is 2.61. The van der Waals surface area contributed by atoms with Crippen LogP contribution >= 0.6 is 0 Å². The van der Waals surface area contributed by atoms with Crippen molar-refractivity contribution in [3.8, 4) is 0 Å². The first-order valence-corrected chi connectivity index (χ1v) is 8.40. The van der Waals surface area contributed by atoms with E-state index in [2.05, 4.69) is 75.9 Å². The van der Waals surface area contributed by atoms with Gasteiger partial charge in [-0.15, -0.1) is 5.10 Å². The summed E-state index contributed by atoms with van der Waals surface area (Å²) in [6.45, 7) is 5.59. The van der Waals surface area contributed by atoms with Crippen LogP contribution in [-0.4, -0.2) is 31.7 Å². The van der Waals surface area contributed by atoms with Gasteiger partial charge in [0.25, 0.3) is 0 Å². The van der Waals surface area contributed by atoms with Crippen molar-refractivity contribution < 1.29 is 0 Å². The normalized spacial score (nSPS) is 11.1. The first-order valence-electron chi connectivity index (χ1n) is 8.40. The lowest BCUT2D eigenvalue weighted by atomic mass is 10.1. The quantitative estimate of drug-likeness (QED) is 0.640. The van der Waals surface area contributed by atoms with Crippen LogP contribution in [0.15, 0.2) is 60.7 Å². The first kappa shape index (κ1) is 16.3. The predicted octanol–water partition coefficient (Wildman–Crippen LogP) is 2.94. The number of benzene rings is 2. The summed E-state index contributed by atoms with van der Waals surface area (Å²) < 4.78 is 1.92.